The minimum Gasteiger partial charge on any atom is -0.444 e. The Bertz CT molecular complexity index is 397. The van der Waals surface area contributed by atoms with Crippen LogP contribution < -0.4 is 5.32 Å². The first-order valence-electron chi connectivity index (χ1n) is 5.70. The standard InChI is InChI=1S/C13H20N2O2/c1-9-6-7-14-11(8-9)10(2)15-12(16)17-13(3,4)5/h6-8,10H,1-5H3,(H,15,16). The predicted octanol–water partition coefficient (Wildman–Crippen LogP) is 2.98. The summed E-state index contributed by atoms with van der Waals surface area (Å²) in [6.07, 6.45) is 1.31. The molecule has 0 radical (unpaired) electrons. The van der Waals surface area contributed by atoms with Gasteiger partial charge in [-0.15, -0.1) is 0 Å². The quantitative estimate of drug-likeness (QED) is 0.858. The number of rotatable bonds is 2. The Morgan fingerprint density at radius 2 is 2.12 bits per heavy atom. The Balaban J connectivity index is 2.61. The summed E-state index contributed by atoms with van der Waals surface area (Å²) in [4.78, 5) is 15.8. The van der Waals surface area contributed by atoms with Gasteiger partial charge in [-0.25, -0.2) is 4.79 Å². The minimum absolute atomic E-state index is 0.162. The SMILES string of the molecule is Cc1ccnc(C(C)NC(=O)OC(C)(C)C)c1. The minimum atomic E-state index is -0.482. The molecule has 0 fully saturated rings. The number of nitrogens with one attached hydrogen (secondary N) is 1. The maximum atomic E-state index is 11.6. The fourth-order valence-corrected chi connectivity index (χ4v) is 1.35. The number of ether oxygens (including phenoxy) is 1. The van der Waals surface area contributed by atoms with E-state index in [4.69, 9.17) is 4.74 Å². The second kappa shape index (κ2) is 5.17. The van der Waals surface area contributed by atoms with Gasteiger partial charge in [0.25, 0.3) is 0 Å². The van der Waals surface area contributed by atoms with Gasteiger partial charge < -0.3 is 10.1 Å². The van der Waals surface area contributed by atoms with Crippen LogP contribution in [0.15, 0.2) is 18.3 Å². The number of pyridine rings is 1. The monoisotopic (exact) mass is 236 g/mol. The lowest BCUT2D eigenvalue weighted by molar-refractivity contribution is 0.0507. The van der Waals surface area contributed by atoms with E-state index in [0.717, 1.165) is 11.3 Å². The van der Waals surface area contributed by atoms with Crippen LogP contribution in [0.5, 0.6) is 0 Å². The lowest BCUT2D eigenvalue weighted by Gasteiger charge is -2.21. The maximum absolute atomic E-state index is 11.6. The van der Waals surface area contributed by atoms with Crippen molar-refractivity contribution in [1.29, 1.82) is 0 Å². The number of aryl methyl sites for hydroxylation is 1. The van der Waals surface area contributed by atoms with Crippen LogP contribution in [-0.2, 0) is 4.74 Å². The first-order chi connectivity index (χ1) is 7.78. The van der Waals surface area contributed by atoms with Crippen molar-refractivity contribution >= 4 is 6.09 Å². The number of hydrogen-bond acceptors (Lipinski definition) is 3. The summed E-state index contributed by atoms with van der Waals surface area (Å²) in [5.74, 6) is 0. The highest BCUT2D eigenvalue weighted by molar-refractivity contribution is 5.68. The number of hydrogen-bond donors (Lipinski definition) is 1. The van der Waals surface area contributed by atoms with Gasteiger partial charge in [-0.1, -0.05) is 0 Å². The molecule has 1 rings (SSSR count). The molecule has 0 spiro atoms. The lowest BCUT2D eigenvalue weighted by Crippen LogP contribution is -2.34. The van der Waals surface area contributed by atoms with Crippen LogP contribution in [-0.4, -0.2) is 16.7 Å². The molecule has 1 aromatic rings. The third-order valence-corrected chi connectivity index (χ3v) is 2.11. The van der Waals surface area contributed by atoms with Crippen molar-refractivity contribution in [2.75, 3.05) is 0 Å². The van der Waals surface area contributed by atoms with Crippen LogP contribution in [0.1, 0.15) is 45.0 Å². The summed E-state index contributed by atoms with van der Waals surface area (Å²) in [6, 6.07) is 3.70. The van der Waals surface area contributed by atoms with E-state index in [1.54, 1.807) is 6.20 Å². The van der Waals surface area contributed by atoms with E-state index in [0.29, 0.717) is 0 Å². The molecular formula is C13H20N2O2. The predicted molar refractivity (Wildman–Crippen MR) is 66.8 cm³/mol. The van der Waals surface area contributed by atoms with Crippen LogP contribution >= 0.6 is 0 Å². The van der Waals surface area contributed by atoms with E-state index in [2.05, 4.69) is 10.3 Å². The van der Waals surface area contributed by atoms with Crippen molar-refractivity contribution in [1.82, 2.24) is 10.3 Å². The second-order valence-corrected chi connectivity index (χ2v) is 5.13. The molecule has 0 bridgehead atoms. The molecule has 0 saturated carbocycles. The van der Waals surface area contributed by atoms with Gasteiger partial charge >= 0.3 is 6.09 Å². The van der Waals surface area contributed by atoms with Crippen LogP contribution in [0.2, 0.25) is 0 Å². The summed E-state index contributed by atoms with van der Waals surface area (Å²) < 4.78 is 5.18. The maximum Gasteiger partial charge on any atom is 0.408 e. The van der Waals surface area contributed by atoms with E-state index < -0.39 is 11.7 Å². The van der Waals surface area contributed by atoms with Crippen molar-refractivity contribution in [3.8, 4) is 0 Å². The van der Waals surface area contributed by atoms with Crippen LogP contribution in [0.25, 0.3) is 0 Å². The fraction of sp³-hybridized carbons (Fsp3) is 0.538. The van der Waals surface area contributed by atoms with Crippen molar-refractivity contribution < 1.29 is 9.53 Å². The van der Waals surface area contributed by atoms with Gasteiger partial charge in [0, 0.05) is 6.20 Å². The van der Waals surface area contributed by atoms with Crippen molar-refractivity contribution in [3.63, 3.8) is 0 Å². The van der Waals surface area contributed by atoms with Gasteiger partial charge in [0.2, 0.25) is 0 Å². The molecule has 4 nitrogen and oxygen atoms in total. The van der Waals surface area contributed by atoms with Crippen molar-refractivity contribution in [2.45, 2.75) is 46.3 Å². The van der Waals surface area contributed by atoms with Gasteiger partial charge in [0.1, 0.15) is 5.60 Å². The van der Waals surface area contributed by atoms with Crippen molar-refractivity contribution in [3.05, 3.63) is 29.6 Å². The molecule has 0 saturated heterocycles. The van der Waals surface area contributed by atoms with Gasteiger partial charge in [-0.2, -0.15) is 0 Å². The lowest BCUT2D eigenvalue weighted by atomic mass is 10.1. The molecule has 17 heavy (non-hydrogen) atoms. The Labute approximate surface area is 102 Å². The molecule has 4 heteroatoms. The smallest absolute Gasteiger partial charge is 0.408 e. The molecule has 0 aliphatic heterocycles. The van der Waals surface area contributed by atoms with E-state index in [-0.39, 0.29) is 6.04 Å². The third kappa shape index (κ3) is 4.85. The summed E-state index contributed by atoms with van der Waals surface area (Å²) >= 11 is 0. The Kier molecular flexibility index (Phi) is 4.10. The number of carbonyl (C=O) groups is 1. The highest BCUT2D eigenvalue weighted by atomic mass is 16.6. The molecule has 1 aromatic heterocycles. The van der Waals surface area contributed by atoms with E-state index in [1.165, 1.54) is 0 Å². The van der Waals surface area contributed by atoms with Gasteiger partial charge in [-0.3, -0.25) is 4.98 Å². The molecule has 0 aliphatic rings. The first kappa shape index (κ1) is 13.5. The zero-order valence-corrected chi connectivity index (χ0v) is 11.1. The van der Waals surface area contributed by atoms with Crippen LogP contribution in [0, 0.1) is 6.92 Å². The number of alkyl carbamates (subject to hydrolysis) is 1. The third-order valence-electron chi connectivity index (χ3n) is 2.11. The summed E-state index contributed by atoms with van der Waals surface area (Å²) in [7, 11) is 0. The fourth-order valence-electron chi connectivity index (χ4n) is 1.35. The van der Waals surface area contributed by atoms with Crippen LogP contribution in [0.4, 0.5) is 4.79 Å². The van der Waals surface area contributed by atoms with Gasteiger partial charge in [-0.05, 0) is 52.3 Å². The molecule has 1 N–H and O–H groups in total. The molecule has 0 aliphatic carbocycles. The average molecular weight is 236 g/mol. The second-order valence-electron chi connectivity index (χ2n) is 5.13. The highest BCUT2D eigenvalue weighted by Crippen LogP contribution is 2.12. The summed E-state index contributed by atoms with van der Waals surface area (Å²) in [6.45, 7) is 9.38. The largest absolute Gasteiger partial charge is 0.444 e. The normalized spacial score (nSPS) is 13.0. The van der Waals surface area contributed by atoms with Gasteiger partial charge in [0.15, 0.2) is 0 Å². The summed E-state index contributed by atoms with van der Waals surface area (Å²) in [5, 5.41) is 2.76. The van der Waals surface area contributed by atoms with E-state index in [1.807, 2.05) is 46.8 Å². The Hall–Kier alpha value is -1.58. The highest BCUT2D eigenvalue weighted by Gasteiger charge is 2.18. The molecule has 1 heterocycles. The van der Waals surface area contributed by atoms with Gasteiger partial charge in [0.05, 0.1) is 11.7 Å². The molecule has 1 amide bonds. The molecule has 0 aromatic carbocycles. The average Bonchev–Trinajstić information content (AvgIpc) is 2.14. The topological polar surface area (TPSA) is 51.2 Å². The Morgan fingerprint density at radius 1 is 1.47 bits per heavy atom. The number of carbonyl (C=O) groups excluding carboxylic acids is 1. The van der Waals surface area contributed by atoms with Crippen molar-refractivity contribution in [2.24, 2.45) is 0 Å². The zero-order chi connectivity index (χ0) is 13.1. The Morgan fingerprint density at radius 3 is 2.65 bits per heavy atom. The van der Waals surface area contributed by atoms with E-state index in [9.17, 15) is 4.79 Å². The molecule has 94 valence electrons. The number of nitrogens with zero attached hydrogens (tertiary/aromatic N) is 1. The molecule has 1 unspecified atom stereocenters. The zero-order valence-electron chi connectivity index (χ0n) is 11.1. The van der Waals surface area contributed by atoms with E-state index >= 15 is 0 Å². The number of amides is 1. The molecule has 1 atom stereocenters. The first-order valence-corrected chi connectivity index (χ1v) is 5.70. The summed E-state index contributed by atoms with van der Waals surface area (Å²) in [5.41, 5.74) is 1.47. The van der Waals surface area contributed by atoms with Crippen LogP contribution in [0.3, 0.4) is 0 Å². The number of aromatic nitrogens is 1. The molecular weight excluding hydrogens is 216 g/mol.